The minimum Gasteiger partial charge on any atom is -0.344 e. The number of carbonyl (C=O) groups excluding carboxylic acids is 1. The minimum atomic E-state index is -0.273. The fraction of sp³-hybridized carbons (Fsp3) is 0.214. The van der Waals surface area contributed by atoms with Crippen LogP contribution in [-0.2, 0) is 0 Å². The quantitative estimate of drug-likeness (QED) is 0.568. The fourth-order valence-corrected chi connectivity index (χ4v) is 1.88. The van der Waals surface area contributed by atoms with Crippen molar-refractivity contribution in [2.75, 3.05) is 5.43 Å². The van der Waals surface area contributed by atoms with Crippen molar-refractivity contribution >= 4 is 11.7 Å². The van der Waals surface area contributed by atoms with Crippen molar-refractivity contribution < 1.29 is 4.79 Å². The monoisotopic (exact) mass is 271 g/mol. The van der Waals surface area contributed by atoms with E-state index in [-0.39, 0.29) is 17.6 Å². The number of nitrogens with zero attached hydrogens (tertiary/aromatic N) is 2. The van der Waals surface area contributed by atoms with Crippen LogP contribution in [0.1, 0.15) is 35.4 Å². The molecule has 0 radical (unpaired) electrons. The summed E-state index contributed by atoms with van der Waals surface area (Å²) in [7, 11) is 0. The van der Waals surface area contributed by atoms with Gasteiger partial charge >= 0.3 is 0 Å². The lowest BCUT2D eigenvalue weighted by molar-refractivity contribution is 0.0930. The number of nitrogen functional groups attached to an aromatic ring is 1. The zero-order valence-electron chi connectivity index (χ0n) is 11.2. The molecule has 0 spiro atoms. The summed E-state index contributed by atoms with van der Waals surface area (Å²) in [5.41, 5.74) is 3.66. The number of hydrazine groups is 1. The topological polar surface area (TPSA) is 92.9 Å². The number of carbonyl (C=O) groups is 1. The Morgan fingerprint density at radius 2 is 2.05 bits per heavy atom. The minimum absolute atomic E-state index is 0.0556. The second-order valence-corrected chi connectivity index (χ2v) is 4.28. The molecule has 20 heavy (non-hydrogen) atoms. The molecular formula is C14H17N5O. The Morgan fingerprint density at radius 3 is 2.70 bits per heavy atom. The summed E-state index contributed by atoms with van der Waals surface area (Å²) in [5, 5.41) is 2.94. The van der Waals surface area contributed by atoms with Gasteiger partial charge in [0.15, 0.2) is 5.82 Å². The molecule has 0 saturated carbocycles. The average Bonchev–Trinajstić information content (AvgIpc) is 2.53. The first-order valence-electron chi connectivity index (χ1n) is 6.39. The highest BCUT2D eigenvalue weighted by Crippen LogP contribution is 2.16. The number of nitrogens with one attached hydrogen (secondary N) is 2. The fourth-order valence-electron chi connectivity index (χ4n) is 1.88. The van der Waals surface area contributed by atoms with Gasteiger partial charge in [0, 0.05) is 0 Å². The Balaban J connectivity index is 2.13. The maximum absolute atomic E-state index is 12.2. The van der Waals surface area contributed by atoms with Gasteiger partial charge in [-0.25, -0.2) is 10.8 Å². The van der Waals surface area contributed by atoms with E-state index in [9.17, 15) is 4.79 Å². The molecule has 1 aromatic heterocycles. The van der Waals surface area contributed by atoms with E-state index >= 15 is 0 Å². The van der Waals surface area contributed by atoms with E-state index in [1.807, 2.05) is 37.3 Å². The summed E-state index contributed by atoms with van der Waals surface area (Å²) < 4.78 is 0. The van der Waals surface area contributed by atoms with Crippen LogP contribution in [-0.4, -0.2) is 15.9 Å². The number of amides is 1. The molecule has 1 atom stereocenters. The summed E-state index contributed by atoms with van der Waals surface area (Å²) in [6, 6.07) is 9.75. The Hall–Kier alpha value is -2.47. The van der Waals surface area contributed by atoms with Crippen molar-refractivity contribution in [2.45, 2.75) is 19.4 Å². The zero-order chi connectivity index (χ0) is 14.4. The number of hydrogen-bond acceptors (Lipinski definition) is 5. The van der Waals surface area contributed by atoms with E-state index in [0.717, 1.165) is 12.0 Å². The first-order valence-corrected chi connectivity index (χ1v) is 6.39. The first kappa shape index (κ1) is 14.0. The van der Waals surface area contributed by atoms with Crippen molar-refractivity contribution in [1.29, 1.82) is 0 Å². The van der Waals surface area contributed by atoms with E-state index in [0.29, 0.717) is 5.82 Å². The Bertz CT molecular complexity index is 573. The van der Waals surface area contributed by atoms with Crippen molar-refractivity contribution in [2.24, 2.45) is 5.84 Å². The molecule has 0 aliphatic carbocycles. The molecule has 6 nitrogen and oxygen atoms in total. The van der Waals surface area contributed by atoms with Gasteiger partial charge in [0.1, 0.15) is 5.69 Å². The number of hydrogen-bond donors (Lipinski definition) is 3. The van der Waals surface area contributed by atoms with Crippen molar-refractivity contribution in [1.82, 2.24) is 15.3 Å². The summed E-state index contributed by atoms with van der Waals surface area (Å²) in [5.74, 6) is 5.33. The number of aromatic nitrogens is 2. The molecule has 1 heterocycles. The van der Waals surface area contributed by atoms with E-state index < -0.39 is 0 Å². The van der Waals surface area contributed by atoms with E-state index in [1.54, 1.807) is 0 Å². The number of benzene rings is 1. The van der Waals surface area contributed by atoms with Crippen LogP contribution < -0.4 is 16.6 Å². The molecular weight excluding hydrogens is 254 g/mol. The summed E-state index contributed by atoms with van der Waals surface area (Å²) in [6.45, 7) is 2.02. The van der Waals surface area contributed by atoms with Crippen LogP contribution in [0.15, 0.2) is 42.7 Å². The van der Waals surface area contributed by atoms with Crippen molar-refractivity contribution in [3.63, 3.8) is 0 Å². The van der Waals surface area contributed by atoms with Gasteiger partial charge < -0.3 is 10.7 Å². The highest BCUT2D eigenvalue weighted by Gasteiger charge is 2.15. The van der Waals surface area contributed by atoms with E-state index in [4.69, 9.17) is 5.84 Å². The highest BCUT2D eigenvalue weighted by atomic mass is 16.1. The maximum Gasteiger partial charge on any atom is 0.272 e. The molecule has 1 aromatic carbocycles. The number of rotatable bonds is 5. The van der Waals surface area contributed by atoms with Gasteiger partial charge in [-0.05, 0) is 12.0 Å². The predicted octanol–water partition coefficient (Wildman–Crippen LogP) is 1.64. The van der Waals surface area contributed by atoms with Gasteiger partial charge in [-0.15, -0.1) is 0 Å². The second kappa shape index (κ2) is 6.63. The molecule has 2 aromatic rings. The molecule has 0 saturated heterocycles. The molecule has 6 heteroatoms. The molecule has 104 valence electrons. The van der Waals surface area contributed by atoms with Crippen LogP contribution in [0.3, 0.4) is 0 Å². The van der Waals surface area contributed by atoms with Gasteiger partial charge in [0.2, 0.25) is 0 Å². The third kappa shape index (κ3) is 3.30. The average molecular weight is 271 g/mol. The summed E-state index contributed by atoms with van der Waals surface area (Å²) in [4.78, 5) is 20.2. The SMILES string of the molecule is CCC(NC(=O)c1cncc(NN)n1)c1ccccc1. The van der Waals surface area contributed by atoms with Crippen molar-refractivity contribution in [3.8, 4) is 0 Å². The molecule has 1 amide bonds. The van der Waals surface area contributed by atoms with Crippen LogP contribution in [0.5, 0.6) is 0 Å². The third-order valence-corrected chi connectivity index (χ3v) is 2.93. The van der Waals surface area contributed by atoms with Crippen LogP contribution in [0.2, 0.25) is 0 Å². The molecule has 0 aliphatic heterocycles. The van der Waals surface area contributed by atoms with Crippen LogP contribution in [0.25, 0.3) is 0 Å². The van der Waals surface area contributed by atoms with Crippen LogP contribution >= 0.6 is 0 Å². The smallest absolute Gasteiger partial charge is 0.272 e. The maximum atomic E-state index is 12.2. The van der Waals surface area contributed by atoms with Crippen LogP contribution in [0.4, 0.5) is 5.82 Å². The second-order valence-electron chi connectivity index (χ2n) is 4.28. The van der Waals surface area contributed by atoms with Gasteiger partial charge in [-0.1, -0.05) is 37.3 Å². The number of nitrogens with two attached hydrogens (primary N) is 1. The standard InChI is InChI=1S/C14H17N5O/c1-2-11(10-6-4-3-5-7-10)18-14(20)12-8-16-9-13(17-12)19-15/h3-9,11H,2,15H2,1H3,(H,17,19)(H,18,20). The Morgan fingerprint density at radius 1 is 1.30 bits per heavy atom. The number of anilines is 1. The molecule has 0 fully saturated rings. The van der Waals surface area contributed by atoms with Crippen molar-refractivity contribution in [3.05, 3.63) is 54.0 Å². The third-order valence-electron chi connectivity index (χ3n) is 2.93. The largest absolute Gasteiger partial charge is 0.344 e. The van der Waals surface area contributed by atoms with Crippen LogP contribution in [0, 0.1) is 0 Å². The van der Waals surface area contributed by atoms with E-state index in [1.165, 1.54) is 12.4 Å². The summed E-state index contributed by atoms with van der Waals surface area (Å²) >= 11 is 0. The molecule has 0 bridgehead atoms. The predicted molar refractivity (Wildman–Crippen MR) is 76.8 cm³/mol. The lowest BCUT2D eigenvalue weighted by Gasteiger charge is -2.17. The molecule has 0 aliphatic rings. The molecule has 2 rings (SSSR count). The highest BCUT2D eigenvalue weighted by molar-refractivity contribution is 5.92. The Labute approximate surface area is 117 Å². The van der Waals surface area contributed by atoms with Gasteiger partial charge in [0.25, 0.3) is 5.91 Å². The lowest BCUT2D eigenvalue weighted by atomic mass is 10.0. The normalized spacial score (nSPS) is 11.7. The first-order chi connectivity index (χ1) is 9.74. The van der Waals surface area contributed by atoms with Gasteiger partial charge in [-0.3, -0.25) is 9.78 Å². The zero-order valence-corrected chi connectivity index (χ0v) is 11.2. The van der Waals surface area contributed by atoms with Gasteiger partial charge in [-0.2, -0.15) is 0 Å². The lowest BCUT2D eigenvalue weighted by Crippen LogP contribution is -2.29. The van der Waals surface area contributed by atoms with Gasteiger partial charge in [0.05, 0.1) is 18.4 Å². The Kier molecular flexibility index (Phi) is 4.62. The summed E-state index contributed by atoms with van der Waals surface area (Å²) in [6.07, 6.45) is 3.65. The van der Waals surface area contributed by atoms with E-state index in [2.05, 4.69) is 20.7 Å². The molecule has 4 N–H and O–H groups in total. The molecule has 1 unspecified atom stereocenters.